The molecule has 0 aliphatic heterocycles. The minimum atomic E-state index is 0. The van der Waals surface area contributed by atoms with Crippen molar-refractivity contribution < 1.29 is 4.79 Å². The van der Waals surface area contributed by atoms with Crippen LogP contribution in [-0.4, -0.2) is 21.3 Å². The van der Waals surface area contributed by atoms with Crippen LogP contribution in [0.2, 0.25) is 0 Å². The van der Waals surface area contributed by atoms with Gasteiger partial charge in [0.1, 0.15) is 0 Å². The van der Waals surface area contributed by atoms with Gasteiger partial charge in [0, 0.05) is 33.3 Å². The van der Waals surface area contributed by atoms with Crippen molar-refractivity contribution in [2.75, 3.05) is 0 Å². The minimum Gasteiger partial charge on any atom is -0.353 e. The van der Waals surface area contributed by atoms with Crippen LogP contribution in [0.3, 0.4) is 0 Å². The molecule has 26 heavy (non-hydrogen) atoms. The predicted octanol–water partition coefficient (Wildman–Crippen LogP) is 5.24. The van der Waals surface area contributed by atoms with Gasteiger partial charge >= 0.3 is 0 Å². The Balaban J connectivity index is 0.00000196. The summed E-state index contributed by atoms with van der Waals surface area (Å²) in [6.45, 7) is 0. The highest BCUT2D eigenvalue weighted by molar-refractivity contribution is 9.10. The number of carbonyl (C=O) groups excluding carboxylic acids is 1. The molecule has 4 rings (SSSR count). The molecule has 1 aromatic carbocycles. The van der Waals surface area contributed by atoms with E-state index in [-0.39, 0.29) is 18.3 Å². The molecule has 3 aromatic rings. The monoisotopic (exact) mass is 453 g/mol. The first kappa shape index (κ1) is 19.4. The Bertz CT molecular complexity index is 901. The third kappa shape index (κ3) is 4.30. The summed E-state index contributed by atoms with van der Waals surface area (Å²) in [4.78, 5) is 18.0. The number of imidazole rings is 1. The van der Waals surface area contributed by atoms with Gasteiger partial charge in [0.25, 0.3) is 0 Å². The summed E-state index contributed by atoms with van der Waals surface area (Å²) in [5, 5.41) is 5.23. The highest BCUT2D eigenvalue weighted by atomic mass is 79.9. The number of nitrogens with one attached hydrogen (secondary N) is 1. The van der Waals surface area contributed by atoms with Crippen LogP contribution in [0.1, 0.15) is 37.8 Å². The standard InChI is InChI=1S/C19H20BrN3OS.ClH/c20-14-6-4-5-13(9-14)17-11-23-16(12-25-19(23)22-17)10-18(24)21-15-7-2-1-3-8-15;/h4-6,9,11-12,15H,1-3,7-8,10H2,(H,21,24);1H. The highest BCUT2D eigenvalue weighted by Crippen LogP contribution is 2.26. The Morgan fingerprint density at radius 3 is 2.88 bits per heavy atom. The van der Waals surface area contributed by atoms with Crippen LogP contribution >= 0.6 is 39.7 Å². The molecule has 0 bridgehead atoms. The predicted molar refractivity (Wildman–Crippen MR) is 112 cm³/mol. The molecule has 4 nitrogen and oxygen atoms in total. The lowest BCUT2D eigenvalue weighted by Gasteiger charge is -2.22. The first-order valence-corrected chi connectivity index (χ1v) is 10.4. The normalized spacial score (nSPS) is 15.0. The number of fused-ring (bicyclic) bond motifs is 1. The van der Waals surface area contributed by atoms with E-state index in [1.807, 2.05) is 34.2 Å². The lowest BCUT2D eigenvalue weighted by molar-refractivity contribution is -0.121. The van der Waals surface area contributed by atoms with E-state index in [2.05, 4.69) is 27.3 Å². The number of carbonyl (C=O) groups is 1. The summed E-state index contributed by atoms with van der Waals surface area (Å²) < 4.78 is 3.08. The Hall–Kier alpha value is -1.37. The van der Waals surface area contributed by atoms with Gasteiger partial charge in [-0.2, -0.15) is 0 Å². The molecular weight excluding hydrogens is 434 g/mol. The van der Waals surface area contributed by atoms with Gasteiger partial charge in [-0.1, -0.05) is 47.3 Å². The van der Waals surface area contributed by atoms with Crippen molar-refractivity contribution in [2.24, 2.45) is 0 Å². The van der Waals surface area contributed by atoms with Gasteiger partial charge in [-0.05, 0) is 25.0 Å². The fourth-order valence-electron chi connectivity index (χ4n) is 3.43. The van der Waals surface area contributed by atoms with E-state index in [9.17, 15) is 4.79 Å². The number of hydrogen-bond acceptors (Lipinski definition) is 3. The van der Waals surface area contributed by atoms with E-state index in [0.29, 0.717) is 12.5 Å². The quantitative estimate of drug-likeness (QED) is 0.586. The number of amides is 1. The number of hydrogen-bond donors (Lipinski definition) is 1. The van der Waals surface area contributed by atoms with E-state index in [4.69, 9.17) is 4.98 Å². The average Bonchev–Trinajstić information content (AvgIpc) is 3.18. The second kappa shape index (κ2) is 8.55. The van der Waals surface area contributed by atoms with E-state index in [1.165, 1.54) is 19.3 Å². The van der Waals surface area contributed by atoms with Gasteiger partial charge in [-0.15, -0.1) is 23.7 Å². The number of nitrogens with zero attached hydrogens (tertiary/aromatic N) is 2. The molecule has 0 atom stereocenters. The third-order valence-corrected chi connectivity index (χ3v) is 6.10. The van der Waals surface area contributed by atoms with Crippen molar-refractivity contribution in [1.29, 1.82) is 0 Å². The minimum absolute atomic E-state index is 0. The van der Waals surface area contributed by atoms with Crippen molar-refractivity contribution in [3.63, 3.8) is 0 Å². The molecule has 7 heteroatoms. The fraction of sp³-hybridized carbons (Fsp3) is 0.368. The summed E-state index contributed by atoms with van der Waals surface area (Å²) in [6, 6.07) is 8.47. The van der Waals surface area contributed by atoms with Crippen LogP contribution < -0.4 is 5.32 Å². The van der Waals surface area contributed by atoms with Crippen molar-refractivity contribution in [1.82, 2.24) is 14.7 Å². The maximum Gasteiger partial charge on any atom is 0.226 e. The highest BCUT2D eigenvalue weighted by Gasteiger charge is 2.17. The summed E-state index contributed by atoms with van der Waals surface area (Å²) in [7, 11) is 0. The fourth-order valence-corrected chi connectivity index (χ4v) is 4.71. The van der Waals surface area contributed by atoms with Gasteiger partial charge < -0.3 is 5.32 Å². The molecule has 0 spiro atoms. The Kier molecular flexibility index (Phi) is 6.37. The van der Waals surface area contributed by atoms with E-state index < -0.39 is 0 Å². The molecule has 2 heterocycles. The van der Waals surface area contributed by atoms with Crippen molar-refractivity contribution in [3.8, 4) is 11.3 Å². The molecule has 1 fully saturated rings. The lowest BCUT2D eigenvalue weighted by atomic mass is 9.95. The Morgan fingerprint density at radius 2 is 2.12 bits per heavy atom. The molecule has 138 valence electrons. The van der Waals surface area contributed by atoms with Gasteiger partial charge in [-0.3, -0.25) is 9.20 Å². The molecule has 0 saturated heterocycles. The van der Waals surface area contributed by atoms with Gasteiger partial charge in [-0.25, -0.2) is 4.98 Å². The van der Waals surface area contributed by atoms with Gasteiger partial charge in [0.05, 0.1) is 12.1 Å². The van der Waals surface area contributed by atoms with Gasteiger partial charge in [0.15, 0.2) is 4.96 Å². The van der Waals surface area contributed by atoms with E-state index in [0.717, 1.165) is 39.2 Å². The SMILES string of the molecule is Cl.O=C(Cc1csc2nc(-c3cccc(Br)c3)cn12)NC1CCCCC1. The Morgan fingerprint density at radius 1 is 1.31 bits per heavy atom. The lowest BCUT2D eigenvalue weighted by Crippen LogP contribution is -2.37. The number of benzene rings is 1. The van der Waals surface area contributed by atoms with Crippen LogP contribution in [0.25, 0.3) is 16.2 Å². The van der Waals surface area contributed by atoms with Crippen LogP contribution in [0, 0.1) is 0 Å². The van der Waals surface area contributed by atoms with E-state index in [1.54, 1.807) is 11.3 Å². The number of aromatic nitrogens is 2. The topological polar surface area (TPSA) is 46.4 Å². The molecule has 1 saturated carbocycles. The van der Waals surface area contributed by atoms with Crippen molar-refractivity contribution in [3.05, 3.63) is 46.0 Å². The summed E-state index contributed by atoms with van der Waals surface area (Å²) in [5.74, 6) is 0.115. The maximum atomic E-state index is 12.4. The Labute approximate surface area is 171 Å². The van der Waals surface area contributed by atoms with Crippen LogP contribution in [0.5, 0.6) is 0 Å². The molecule has 0 unspecified atom stereocenters. The third-order valence-electron chi connectivity index (χ3n) is 4.72. The molecule has 0 radical (unpaired) electrons. The van der Waals surface area contributed by atoms with Crippen LogP contribution in [0.15, 0.2) is 40.3 Å². The van der Waals surface area contributed by atoms with Crippen LogP contribution in [-0.2, 0) is 11.2 Å². The maximum absolute atomic E-state index is 12.4. The zero-order chi connectivity index (χ0) is 17.2. The number of thiazole rings is 1. The number of halogens is 2. The van der Waals surface area contributed by atoms with Crippen molar-refractivity contribution >= 4 is 50.5 Å². The van der Waals surface area contributed by atoms with E-state index >= 15 is 0 Å². The zero-order valence-electron chi connectivity index (χ0n) is 14.3. The zero-order valence-corrected chi connectivity index (χ0v) is 17.5. The first-order chi connectivity index (χ1) is 12.2. The molecule has 1 N–H and O–H groups in total. The molecule has 1 aliphatic rings. The molecule has 1 aliphatic carbocycles. The number of rotatable bonds is 4. The second-order valence-electron chi connectivity index (χ2n) is 6.60. The van der Waals surface area contributed by atoms with Gasteiger partial charge in [0.2, 0.25) is 5.91 Å². The molecular formula is C19H21BrClN3OS. The van der Waals surface area contributed by atoms with Crippen LogP contribution in [0.4, 0.5) is 0 Å². The molecule has 2 aromatic heterocycles. The van der Waals surface area contributed by atoms with Crippen molar-refractivity contribution in [2.45, 2.75) is 44.6 Å². The second-order valence-corrected chi connectivity index (χ2v) is 8.35. The summed E-state index contributed by atoms with van der Waals surface area (Å²) in [6.07, 6.45) is 8.41. The largest absolute Gasteiger partial charge is 0.353 e. The average molecular weight is 455 g/mol. The first-order valence-electron chi connectivity index (χ1n) is 8.70. The molecule has 1 amide bonds. The summed E-state index contributed by atoms with van der Waals surface area (Å²) >= 11 is 5.09. The summed E-state index contributed by atoms with van der Waals surface area (Å²) in [5.41, 5.74) is 3.01. The smallest absolute Gasteiger partial charge is 0.226 e.